The fraction of sp³-hybridized carbons (Fsp3) is 0.917. The fourth-order valence-corrected chi connectivity index (χ4v) is 2.72. The molecule has 3 saturated heterocycles. The Hall–Kier alpha value is -0.710. The molecule has 18 heavy (non-hydrogen) atoms. The molecule has 3 rings (SSSR count). The molecule has 0 spiro atoms. The lowest BCUT2D eigenvalue weighted by atomic mass is 10.00. The summed E-state index contributed by atoms with van der Waals surface area (Å²) < 4.78 is 28.6. The largest absolute Gasteiger partial charge is 0.341 e. The summed E-state index contributed by atoms with van der Waals surface area (Å²) in [5.41, 5.74) is 0. The van der Waals surface area contributed by atoms with Gasteiger partial charge in [0.15, 0.2) is 24.0 Å². The maximum atomic E-state index is 9.15. The lowest BCUT2D eigenvalue weighted by Gasteiger charge is -2.33. The Kier molecular flexibility index (Phi) is 2.50. The molecule has 0 aliphatic carbocycles. The van der Waals surface area contributed by atoms with Crippen LogP contribution in [-0.2, 0) is 23.7 Å². The molecule has 3 aliphatic heterocycles. The third-order valence-electron chi connectivity index (χ3n) is 3.28. The van der Waals surface area contributed by atoms with E-state index in [-0.39, 0.29) is 12.2 Å². The SMILES string of the molecule is CC1(C)O[C@@H]2O[C@@H](C#N)[C@H]3OC(C)(C)O[C@H]3[C@@H]2O1. The van der Waals surface area contributed by atoms with Crippen LogP contribution in [0.25, 0.3) is 0 Å². The van der Waals surface area contributed by atoms with Gasteiger partial charge in [-0.15, -0.1) is 0 Å². The van der Waals surface area contributed by atoms with Crippen molar-refractivity contribution in [3.8, 4) is 6.07 Å². The average molecular weight is 255 g/mol. The summed E-state index contributed by atoms with van der Waals surface area (Å²) in [4.78, 5) is 0. The summed E-state index contributed by atoms with van der Waals surface area (Å²) in [5, 5.41) is 9.15. The monoisotopic (exact) mass is 255 g/mol. The minimum Gasteiger partial charge on any atom is -0.341 e. The Balaban J connectivity index is 1.89. The van der Waals surface area contributed by atoms with Crippen LogP contribution >= 0.6 is 0 Å². The van der Waals surface area contributed by atoms with E-state index >= 15 is 0 Å². The van der Waals surface area contributed by atoms with Crippen molar-refractivity contribution in [2.45, 2.75) is 70.0 Å². The second-order valence-electron chi connectivity index (χ2n) is 5.72. The zero-order valence-electron chi connectivity index (χ0n) is 10.9. The minimum absolute atomic E-state index is 0.342. The highest BCUT2D eigenvalue weighted by molar-refractivity contribution is 5.06. The second kappa shape index (κ2) is 3.65. The van der Waals surface area contributed by atoms with E-state index in [0.29, 0.717) is 0 Å². The molecule has 0 radical (unpaired) electrons. The van der Waals surface area contributed by atoms with Crippen LogP contribution < -0.4 is 0 Å². The van der Waals surface area contributed by atoms with Crippen LogP contribution in [0.5, 0.6) is 0 Å². The normalized spacial score (nSPS) is 48.3. The van der Waals surface area contributed by atoms with Crippen molar-refractivity contribution in [3.05, 3.63) is 0 Å². The van der Waals surface area contributed by atoms with Gasteiger partial charge < -0.3 is 23.7 Å². The van der Waals surface area contributed by atoms with Crippen molar-refractivity contribution in [1.29, 1.82) is 5.26 Å². The third kappa shape index (κ3) is 1.83. The lowest BCUT2D eigenvalue weighted by molar-refractivity contribution is -0.220. The predicted molar refractivity (Wildman–Crippen MR) is 58.1 cm³/mol. The van der Waals surface area contributed by atoms with Crippen LogP contribution in [0.4, 0.5) is 0 Å². The van der Waals surface area contributed by atoms with Gasteiger partial charge in [-0.3, -0.25) is 0 Å². The third-order valence-corrected chi connectivity index (χ3v) is 3.28. The fourth-order valence-electron chi connectivity index (χ4n) is 2.72. The maximum Gasteiger partial charge on any atom is 0.191 e. The van der Waals surface area contributed by atoms with Gasteiger partial charge >= 0.3 is 0 Å². The quantitative estimate of drug-likeness (QED) is 0.640. The first-order valence-corrected chi connectivity index (χ1v) is 6.08. The van der Waals surface area contributed by atoms with Gasteiger partial charge in [-0.1, -0.05) is 0 Å². The van der Waals surface area contributed by atoms with E-state index in [9.17, 15) is 0 Å². The Labute approximate surface area is 106 Å². The molecule has 3 heterocycles. The van der Waals surface area contributed by atoms with Crippen molar-refractivity contribution in [2.24, 2.45) is 0 Å². The van der Waals surface area contributed by atoms with Gasteiger partial charge in [0.25, 0.3) is 0 Å². The molecule has 0 aromatic rings. The smallest absolute Gasteiger partial charge is 0.191 e. The van der Waals surface area contributed by atoms with Crippen LogP contribution in [-0.4, -0.2) is 42.3 Å². The molecule has 3 aliphatic rings. The number of hydrogen-bond acceptors (Lipinski definition) is 6. The van der Waals surface area contributed by atoms with E-state index in [1.54, 1.807) is 0 Å². The zero-order chi connectivity index (χ0) is 13.1. The number of fused-ring (bicyclic) bond motifs is 3. The molecule has 5 atom stereocenters. The summed E-state index contributed by atoms with van der Waals surface area (Å²) in [5.74, 6) is -1.47. The molecule has 0 bridgehead atoms. The van der Waals surface area contributed by atoms with Gasteiger partial charge in [0.05, 0.1) is 6.07 Å². The summed E-state index contributed by atoms with van der Waals surface area (Å²) >= 11 is 0. The molecule has 0 aromatic heterocycles. The molecule has 3 fully saturated rings. The lowest BCUT2D eigenvalue weighted by Crippen LogP contribution is -2.54. The van der Waals surface area contributed by atoms with E-state index in [1.807, 2.05) is 27.7 Å². The summed E-state index contributed by atoms with van der Waals surface area (Å²) in [7, 11) is 0. The number of hydrogen-bond donors (Lipinski definition) is 0. The van der Waals surface area contributed by atoms with Crippen LogP contribution in [0.15, 0.2) is 0 Å². The van der Waals surface area contributed by atoms with Crippen LogP contribution in [0.2, 0.25) is 0 Å². The van der Waals surface area contributed by atoms with Crippen LogP contribution in [0.1, 0.15) is 27.7 Å². The molecule has 6 nitrogen and oxygen atoms in total. The first-order chi connectivity index (χ1) is 8.31. The van der Waals surface area contributed by atoms with Crippen LogP contribution in [0, 0.1) is 11.3 Å². The van der Waals surface area contributed by atoms with Crippen molar-refractivity contribution in [3.63, 3.8) is 0 Å². The first kappa shape index (κ1) is 12.3. The number of nitriles is 1. The molecule has 0 unspecified atom stereocenters. The van der Waals surface area contributed by atoms with E-state index in [0.717, 1.165) is 0 Å². The van der Waals surface area contributed by atoms with E-state index < -0.39 is 30.1 Å². The Morgan fingerprint density at radius 1 is 0.833 bits per heavy atom. The van der Waals surface area contributed by atoms with Crippen molar-refractivity contribution in [1.82, 2.24) is 0 Å². The molecule has 0 N–H and O–H groups in total. The van der Waals surface area contributed by atoms with Gasteiger partial charge in [-0.25, -0.2) is 0 Å². The molecule has 0 amide bonds. The Morgan fingerprint density at radius 2 is 1.39 bits per heavy atom. The molecular weight excluding hydrogens is 238 g/mol. The molecule has 100 valence electrons. The highest BCUT2D eigenvalue weighted by atomic mass is 16.9. The van der Waals surface area contributed by atoms with Gasteiger partial charge in [-0.2, -0.15) is 5.26 Å². The summed E-state index contributed by atoms with van der Waals surface area (Å²) in [6.45, 7) is 7.25. The van der Waals surface area contributed by atoms with Crippen molar-refractivity contribution in [2.75, 3.05) is 0 Å². The van der Waals surface area contributed by atoms with Crippen molar-refractivity contribution < 1.29 is 23.7 Å². The standard InChI is InChI=1S/C12H17NO5/c1-11(2)15-7-6(5-13)14-10-9(8(7)16-11)17-12(3,4)18-10/h6-10H,1-4H3/t6-,7+,8+,9-,10-/m0/s1. The zero-order valence-corrected chi connectivity index (χ0v) is 10.9. The van der Waals surface area contributed by atoms with E-state index in [2.05, 4.69) is 6.07 Å². The number of ether oxygens (including phenoxy) is 5. The molecule has 0 aromatic carbocycles. The summed E-state index contributed by atoms with van der Waals surface area (Å²) in [6.07, 6.45) is -2.43. The van der Waals surface area contributed by atoms with Crippen molar-refractivity contribution >= 4 is 0 Å². The second-order valence-corrected chi connectivity index (χ2v) is 5.72. The Morgan fingerprint density at radius 3 is 2.06 bits per heavy atom. The molecule has 0 saturated carbocycles. The molecular formula is C12H17NO5. The van der Waals surface area contributed by atoms with E-state index in [4.69, 9.17) is 28.9 Å². The van der Waals surface area contributed by atoms with Gasteiger partial charge in [0.2, 0.25) is 0 Å². The number of nitrogens with zero attached hydrogens (tertiary/aromatic N) is 1. The van der Waals surface area contributed by atoms with Gasteiger partial charge in [-0.05, 0) is 27.7 Å². The van der Waals surface area contributed by atoms with Crippen LogP contribution in [0.3, 0.4) is 0 Å². The number of rotatable bonds is 0. The average Bonchev–Trinajstić information content (AvgIpc) is 2.71. The highest BCUT2D eigenvalue weighted by Crippen LogP contribution is 2.43. The topological polar surface area (TPSA) is 69.9 Å². The first-order valence-electron chi connectivity index (χ1n) is 6.08. The highest BCUT2D eigenvalue weighted by Gasteiger charge is 2.60. The van der Waals surface area contributed by atoms with E-state index in [1.165, 1.54) is 0 Å². The van der Waals surface area contributed by atoms with Gasteiger partial charge in [0.1, 0.15) is 18.3 Å². The van der Waals surface area contributed by atoms with Gasteiger partial charge in [0, 0.05) is 0 Å². The Bertz CT molecular complexity index is 402. The summed E-state index contributed by atoms with van der Waals surface area (Å²) in [6, 6.07) is 2.09. The minimum atomic E-state index is -0.737. The molecule has 6 heteroatoms. The maximum absolute atomic E-state index is 9.15. The predicted octanol–water partition coefficient (Wildman–Crippen LogP) is 0.906.